The molecule has 0 aliphatic rings. The molecule has 78 valence electrons. The fourth-order valence-electron chi connectivity index (χ4n) is 0.804. The zero-order valence-electron chi connectivity index (χ0n) is 8.67. The lowest BCUT2D eigenvalue weighted by atomic mass is 10.4. The molecule has 0 aromatic carbocycles. The molecule has 0 bridgehead atoms. The van der Waals surface area contributed by atoms with Crippen molar-refractivity contribution in [2.75, 3.05) is 18.1 Å². The number of thioether (sulfide) groups is 1. The lowest BCUT2D eigenvalue weighted by Gasteiger charge is -2.02. The van der Waals surface area contributed by atoms with Gasteiger partial charge in [0.25, 0.3) is 0 Å². The van der Waals surface area contributed by atoms with Gasteiger partial charge in [-0.25, -0.2) is 0 Å². The smallest absolute Gasteiger partial charge is 0.306 e. The molecular weight excluding hydrogens is 184 g/mol. The van der Waals surface area contributed by atoms with Crippen LogP contribution in [0.4, 0.5) is 0 Å². The minimum absolute atomic E-state index is 0.0444. The average molecular weight is 204 g/mol. The molecule has 0 fully saturated rings. The van der Waals surface area contributed by atoms with E-state index in [1.807, 2.05) is 11.8 Å². The van der Waals surface area contributed by atoms with Crippen LogP contribution in [0.25, 0.3) is 0 Å². The summed E-state index contributed by atoms with van der Waals surface area (Å²) in [5, 5.41) is 0. The first-order chi connectivity index (χ1) is 6.31. The van der Waals surface area contributed by atoms with E-state index in [1.54, 1.807) is 0 Å². The highest BCUT2D eigenvalue weighted by Gasteiger charge is 2.01. The molecule has 0 unspecified atom stereocenters. The lowest BCUT2D eigenvalue weighted by molar-refractivity contribution is -0.143. The fourth-order valence-corrected chi connectivity index (χ4v) is 1.61. The molecule has 0 radical (unpaired) electrons. The van der Waals surface area contributed by atoms with Gasteiger partial charge in [0.2, 0.25) is 0 Å². The molecule has 0 atom stereocenters. The Hall–Kier alpha value is -0.180. The van der Waals surface area contributed by atoms with E-state index in [0.29, 0.717) is 13.0 Å². The van der Waals surface area contributed by atoms with E-state index in [0.717, 1.165) is 24.3 Å². The maximum atomic E-state index is 11.0. The molecule has 0 saturated heterocycles. The first-order valence-electron chi connectivity index (χ1n) is 5.04. The van der Waals surface area contributed by atoms with Crippen LogP contribution in [-0.2, 0) is 9.53 Å². The van der Waals surface area contributed by atoms with Crippen molar-refractivity contribution in [3.8, 4) is 0 Å². The molecule has 2 nitrogen and oxygen atoms in total. The predicted molar refractivity (Wildman–Crippen MR) is 58.1 cm³/mol. The molecule has 13 heavy (non-hydrogen) atoms. The Bertz CT molecular complexity index is 126. The van der Waals surface area contributed by atoms with Crippen LogP contribution in [0.5, 0.6) is 0 Å². The summed E-state index contributed by atoms with van der Waals surface area (Å²) in [7, 11) is 0. The van der Waals surface area contributed by atoms with Crippen LogP contribution in [0, 0.1) is 0 Å². The van der Waals surface area contributed by atoms with Crippen LogP contribution in [0.1, 0.15) is 39.5 Å². The summed E-state index contributed by atoms with van der Waals surface area (Å²) in [6, 6.07) is 0. The zero-order valence-corrected chi connectivity index (χ0v) is 9.49. The van der Waals surface area contributed by atoms with Gasteiger partial charge in [0.05, 0.1) is 13.0 Å². The summed E-state index contributed by atoms with van der Waals surface area (Å²) in [5.41, 5.74) is 0. The molecule has 0 saturated carbocycles. The van der Waals surface area contributed by atoms with E-state index in [4.69, 9.17) is 4.74 Å². The molecule has 0 rings (SSSR count). The van der Waals surface area contributed by atoms with E-state index in [-0.39, 0.29) is 5.97 Å². The number of hydrogen-bond donors (Lipinski definition) is 0. The highest BCUT2D eigenvalue weighted by molar-refractivity contribution is 7.99. The lowest BCUT2D eigenvalue weighted by Crippen LogP contribution is -2.06. The van der Waals surface area contributed by atoms with Crippen molar-refractivity contribution in [3.63, 3.8) is 0 Å². The molecule has 3 heteroatoms. The van der Waals surface area contributed by atoms with Crippen molar-refractivity contribution >= 4 is 17.7 Å². The maximum absolute atomic E-state index is 11.0. The Morgan fingerprint density at radius 1 is 1.23 bits per heavy atom. The number of carbonyl (C=O) groups excluding carboxylic acids is 1. The second-order valence-electron chi connectivity index (χ2n) is 2.94. The van der Waals surface area contributed by atoms with Crippen molar-refractivity contribution in [3.05, 3.63) is 0 Å². The monoisotopic (exact) mass is 204 g/mol. The molecule has 0 heterocycles. The van der Waals surface area contributed by atoms with E-state index in [2.05, 4.69) is 13.8 Å². The molecule has 0 aromatic heterocycles. The minimum atomic E-state index is -0.0444. The summed E-state index contributed by atoms with van der Waals surface area (Å²) < 4.78 is 5.01. The van der Waals surface area contributed by atoms with Gasteiger partial charge in [-0.1, -0.05) is 20.3 Å². The van der Waals surface area contributed by atoms with Crippen molar-refractivity contribution in [2.45, 2.75) is 39.5 Å². The SMILES string of the molecule is CCCCOC(=O)CCSCCC. The second kappa shape index (κ2) is 9.90. The third-order valence-electron chi connectivity index (χ3n) is 1.56. The van der Waals surface area contributed by atoms with Crippen LogP contribution >= 0.6 is 11.8 Å². The predicted octanol–water partition coefficient (Wildman–Crippen LogP) is 2.86. The second-order valence-corrected chi connectivity index (χ2v) is 4.16. The van der Waals surface area contributed by atoms with Gasteiger partial charge in [-0.05, 0) is 18.6 Å². The van der Waals surface area contributed by atoms with Gasteiger partial charge in [-0.15, -0.1) is 0 Å². The number of hydrogen-bond acceptors (Lipinski definition) is 3. The number of rotatable bonds is 8. The quantitative estimate of drug-likeness (QED) is 0.449. The van der Waals surface area contributed by atoms with Gasteiger partial charge < -0.3 is 4.74 Å². The molecule has 0 amide bonds. The number of ether oxygens (including phenoxy) is 1. The van der Waals surface area contributed by atoms with Gasteiger partial charge in [0.15, 0.2) is 0 Å². The van der Waals surface area contributed by atoms with Crippen molar-refractivity contribution in [1.82, 2.24) is 0 Å². The van der Waals surface area contributed by atoms with Crippen LogP contribution in [0.15, 0.2) is 0 Å². The molecule has 0 aromatic rings. The number of esters is 1. The number of unbranched alkanes of at least 4 members (excludes halogenated alkanes) is 1. The van der Waals surface area contributed by atoms with Crippen molar-refractivity contribution in [1.29, 1.82) is 0 Å². The van der Waals surface area contributed by atoms with Gasteiger partial charge in [-0.2, -0.15) is 11.8 Å². The van der Waals surface area contributed by atoms with E-state index in [9.17, 15) is 4.79 Å². The largest absolute Gasteiger partial charge is 0.466 e. The highest BCUT2D eigenvalue weighted by Crippen LogP contribution is 2.04. The third-order valence-corrected chi connectivity index (χ3v) is 2.75. The normalized spacial score (nSPS) is 10.0. The highest BCUT2D eigenvalue weighted by atomic mass is 32.2. The Morgan fingerprint density at radius 2 is 2.00 bits per heavy atom. The first-order valence-corrected chi connectivity index (χ1v) is 6.20. The van der Waals surface area contributed by atoms with E-state index < -0.39 is 0 Å². The molecule has 0 aliphatic carbocycles. The summed E-state index contributed by atoms with van der Waals surface area (Å²) in [6.07, 6.45) is 3.80. The Labute approximate surface area is 85.4 Å². The standard InChI is InChI=1S/C10H20O2S/c1-3-5-7-12-10(11)6-9-13-8-4-2/h3-9H2,1-2H3. The molecule has 0 aliphatic heterocycles. The topological polar surface area (TPSA) is 26.3 Å². The maximum Gasteiger partial charge on any atom is 0.306 e. The van der Waals surface area contributed by atoms with Gasteiger partial charge in [0, 0.05) is 5.75 Å². The zero-order chi connectivity index (χ0) is 9.94. The molecule has 0 spiro atoms. The van der Waals surface area contributed by atoms with E-state index >= 15 is 0 Å². The van der Waals surface area contributed by atoms with Crippen LogP contribution < -0.4 is 0 Å². The van der Waals surface area contributed by atoms with Gasteiger partial charge >= 0.3 is 5.97 Å². The van der Waals surface area contributed by atoms with Gasteiger partial charge in [-0.3, -0.25) is 4.79 Å². The fraction of sp³-hybridized carbons (Fsp3) is 0.900. The van der Waals surface area contributed by atoms with Crippen LogP contribution in [0.2, 0.25) is 0 Å². The van der Waals surface area contributed by atoms with Gasteiger partial charge in [0.1, 0.15) is 0 Å². The van der Waals surface area contributed by atoms with Crippen LogP contribution in [0.3, 0.4) is 0 Å². The van der Waals surface area contributed by atoms with Crippen molar-refractivity contribution in [2.24, 2.45) is 0 Å². The Balaban J connectivity index is 3.11. The number of carbonyl (C=O) groups is 1. The summed E-state index contributed by atoms with van der Waals surface area (Å²) >= 11 is 1.82. The summed E-state index contributed by atoms with van der Waals surface area (Å²) in [4.78, 5) is 11.0. The molecule has 0 N–H and O–H groups in total. The third kappa shape index (κ3) is 9.74. The van der Waals surface area contributed by atoms with Crippen LogP contribution in [-0.4, -0.2) is 24.1 Å². The molecular formula is C10H20O2S. The first kappa shape index (κ1) is 12.8. The summed E-state index contributed by atoms with van der Waals surface area (Å²) in [6.45, 7) is 4.82. The van der Waals surface area contributed by atoms with E-state index in [1.165, 1.54) is 6.42 Å². The minimum Gasteiger partial charge on any atom is -0.466 e. The summed E-state index contributed by atoms with van der Waals surface area (Å²) in [5.74, 6) is 2.00. The average Bonchev–Trinajstić information content (AvgIpc) is 2.13. The Morgan fingerprint density at radius 3 is 2.62 bits per heavy atom. The Kier molecular flexibility index (Phi) is 9.77. The van der Waals surface area contributed by atoms with Crippen molar-refractivity contribution < 1.29 is 9.53 Å².